The fraction of sp³-hybridized carbons (Fsp3) is 0.111. The summed E-state index contributed by atoms with van der Waals surface area (Å²) in [6.07, 6.45) is 2.97. The number of carbonyl (C=O) groups is 2. The van der Waals surface area contributed by atoms with Crippen LogP contribution in [0.2, 0.25) is 0 Å². The van der Waals surface area contributed by atoms with Crippen LogP contribution in [0.15, 0.2) is 54.6 Å². The second-order valence-electron chi connectivity index (χ2n) is 4.81. The molecule has 0 saturated carbocycles. The Morgan fingerprint density at radius 3 is 2.61 bits per heavy atom. The van der Waals surface area contributed by atoms with Crippen LogP contribution in [0, 0.1) is 0 Å². The van der Waals surface area contributed by atoms with Gasteiger partial charge in [0.2, 0.25) is 0 Å². The van der Waals surface area contributed by atoms with Gasteiger partial charge in [0.1, 0.15) is 11.5 Å². The quantitative estimate of drug-likeness (QED) is 0.606. The van der Waals surface area contributed by atoms with Crippen molar-refractivity contribution in [3.05, 3.63) is 65.7 Å². The minimum atomic E-state index is -0.919. The fourth-order valence-electron chi connectivity index (χ4n) is 1.89. The molecule has 0 atom stereocenters. The largest absolute Gasteiger partial charge is 0.508 e. The highest BCUT2D eigenvalue weighted by molar-refractivity contribution is 6.07. The van der Waals surface area contributed by atoms with Crippen molar-refractivity contribution in [2.45, 2.75) is 6.42 Å². The molecule has 0 aromatic heterocycles. The van der Waals surface area contributed by atoms with E-state index in [1.165, 1.54) is 18.2 Å². The number of aliphatic carboxylic acids is 1. The zero-order valence-electron chi connectivity index (χ0n) is 12.3. The molecule has 0 aliphatic rings. The molecule has 5 heteroatoms. The minimum Gasteiger partial charge on any atom is -0.508 e. The van der Waals surface area contributed by atoms with E-state index in [1.54, 1.807) is 42.5 Å². The Balaban J connectivity index is 2.02. The molecular weight excluding hydrogens is 296 g/mol. The van der Waals surface area contributed by atoms with E-state index in [9.17, 15) is 14.7 Å². The Morgan fingerprint density at radius 2 is 1.87 bits per heavy atom. The number of aromatic hydroxyl groups is 1. The second-order valence-corrected chi connectivity index (χ2v) is 4.81. The smallest absolute Gasteiger partial charge is 0.306 e. The third-order valence-electron chi connectivity index (χ3n) is 3.00. The predicted molar refractivity (Wildman–Crippen MR) is 85.7 cm³/mol. The maximum atomic E-state index is 12.0. The average molecular weight is 312 g/mol. The van der Waals surface area contributed by atoms with Gasteiger partial charge < -0.3 is 14.9 Å². The molecule has 0 bridgehead atoms. The molecule has 0 radical (unpaired) electrons. The summed E-state index contributed by atoms with van der Waals surface area (Å²) in [7, 11) is 0. The lowest BCUT2D eigenvalue weighted by molar-refractivity contribution is -0.137. The summed E-state index contributed by atoms with van der Waals surface area (Å²) in [5, 5.41) is 17.9. The van der Waals surface area contributed by atoms with Crippen molar-refractivity contribution in [3.63, 3.8) is 0 Å². The van der Waals surface area contributed by atoms with E-state index in [1.807, 2.05) is 0 Å². The lowest BCUT2D eigenvalue weighted by Crippen LogP contribution is -2.04. The van der Waals surface area contributed by atoms with Gasteiger partial charge in [-0.05, 0) is 35.9 Å². The van der Waals surface area contributed by atoms with Crippen molar-refractivity contribution in [2.75, 3.05) is 6.61 Å². The number of rotatable bonds is 7. The number of phenolic OH excluding ortho intramolecular Hbond substituents is 1. The molecule has 0 heterocycles. The molecule has 0 spiro atoms. The Labute approximate surface area is 133 Å². The van der Waals surface area contributed by atoms with E-state index in [0.717, 1.165) is 5.56 Å². The number of hydrogen-bond donors (Lipinski definition) is 2. The Bertz CT molecular complexity index is 734. The molecule has 2 N–H and O–H groups in total. The summed E-state index contributed by atoms with van der Waals surface area (Å²) in [4.78, 5) is 22.5. The molecule has 2 aromatic rings. The fourth-order valence-corrected chi connectivity index (χ4v) is 1.89. The van der Waals surface area contributed by atoms with Crippen LogP contribution >= 0.6 is 0 Å². The standard InChI is InChI=1S/C18H16O5/c19-15-5-2-4-14(12-15)17(20)8-7-13-3-1-6-16(11-13)23-10-9-18(21)22/h1-8,11-12,19H,9-10H2,(H,21,22)/b8-7-. The summed E-state index contributed by atoms with van der Waals surface area (Å²) in [6, 6.07) is 13.1. The van der Waals surface area contributed by atoms with Gasteiger partial charge in [-0.25, -0.2) is 0 Å². The van der Waals surface area contributed by atoms with Gasteiger partial charge in [-0.2, -0.15) is 0 Å². The van der Waals surface area contributed by atoms with Crippen LogP contribution in [-0.2, 0) is 4.79 Å². The lowest BCUT2D eigenvalue weighted by atomic mass is 10.1. The summed E-state index contributed by atoms with van der Waals surface area (Å²) >= 11 is 0. The zero-order chi connectivity index (χ0) is 16.7. The van der Waals surface area contributed by atoms with Crippen molar-refractivity contribution in [2.24, 2.45) is 0 Å². The second kappa shape index (κ2) is 7.79. The molecule has 0 aliphatic carbocycles. The number of carboxylic acid groups (broad SMARTS) is 1. The Hall–Kier alpha value is -3.08. The highest BCUT2D eigenvalue weighted by Gasteiger charge is 2.03. The minimum absolute atomic E-state index is 0.0399. The number of carbonyl (C=O) groups excluding carboxylic acids is 1. The van der Waals surface area contributed by atoms with Crippen LogP contribution < -0.4 is 4.74 Å². The van der Waals surface area contributed by atoms with E-state index in [2.05, 4.69) is 0 Å². The molecule has 0 amide bonds. The summed E-state index contributed by atoms with van der Waals surface area (Å²) < 4.78 is 5.33. The van der Waals surface area contributed by atoms with Gasteiger partial charge in [-0.15, -0.1) is 0 Å². The maximum Gasteiger partial charge on any atom is 0.306 e. The third kappa shape index (κ3) is 5.32. The van der Waals surface area contributed by atoms with E-state index in [-0.39, 0.29) is 24.6 Å². The van der Waals surface area contributed by atoms with E-state index < -0.39 is 5.97 Å². The summed E-state index contributed by atoms with van der Waals surface area (Å²) in [5.41, 5.74) is 1.15. The topological polar surface area (TPSA) is 83.8 Å². The van der Waals surface area contributed by atoms with Crippen LogP contribution in [0.1, 0.15) is 22.3 Å². The molecule has 0 fully saturated rings. The van der Waals surface area contributed by atoms with Crippen LogP contribution in [0.3, 0.4) is 0 Å². The SMILES string of the molecule is O=C(O)CCOc1cccc(/C=C\C(=O)c2cccc(O)c2)c1. The average Bonchev–Trinajstić information content (AvgIpc) is 2.52. The van der Waals surface area contributed by atoms with Crippen LogP contribution in [0.4, 0.5) is 0 Å². The van der Waals surface area contributed by atoms with Crippen molar-refractivity contribution in [1.29, 1.82) is 0 Å². The van der Waals surface area contributed by atoms with E-state index in [4.69, 9.17) is 9.84 Å². The first-order chi connectivity index (χ1) is 11.0. The first-order valence-electron chi connectivity index (χ1n) is 7.01. The molecule has 118 valence electrons. The number of carboxylic acids is 1. The molecule has 0 saturated heterocycles. The first-order valence-corrected chi connectivity index (χ1v) is 7.01. The van der Waals surface area contributed by atoms with Crippen molar-refractivity contribution < 1.29 is 24.5 Å². The van der Waals surface area contributed by atoms with Crippen LogP contribution in [-0.4, -0.2) is 28.6 Å². The molecule has 5 nitrogen and oxygen atoms in total. The number of hydrogen-bond acceptors (Lipinski definition) is 4. The normalized spacial score (nSPS) is 10.6. The number of ether oxygens (including phenoxy) is 1. The van der Waals surface area contributed by atoms with Gasteiger partial charge >= 0.3 is 5.97 Å². The monoisotopic (exact) mass is 312 g/mol. The first kappa shape index (κ1) is 16.3. The van der Waals surface area contributed by atoms with Crippen LogP contribution in [0.5, 0.6) is 11.5 Å². The maximum absolute atomic E-state index is 12.0. The molecule has 2 aromatic carbocycles. The molecular formula is C18H16O5. The highest BCUT2D eigenvalue weighted by atomic mass is 16.5. The number of allylic oxidation sites excluding steroid dienone is 1. The highest BCUT2D eigenvalue weighted by Crippen LogP contribution is 2.16. The van der Waals surface area contributed by atoms with Crippen molar-refractivity contribution in [3.8, 4) is 11.5 Å². The Morgan fingerprint density at radius 1 is 1.09 bits per heavy atom. The Kier molecular flexibility index (Phi) is 5.52. The van der Waals surface area contributed by atoms with E-state index >= 15 is 0 Å². The molecule has 0 aliphatic heterocycles. The summed E-state index contributed by atoms with van der Waals surface area (Å²) in [6.45, 7) is 0.0880. The van der Waals surface area contributed by atoms with Gasteiger partial charge in [0, 0.05) is 5.56 Å². The van der Waals surface area contributed by atoms with Gasteiger partial charge in [0.05, 0.1) is 13.0 Å². The molecule has 2 rings (SSSR count). The predicted octanol–water partition coefficient (Wildman–Crippen LogP) is 3.14. The number of ketones is 1. The zero-order valence-corrected chi connectivity index (χ0v) is 12.3. The van der Waals surface area contributed by atoms with E-state index in [0.29, 0.717) is 11.3 Å². The van der Waals surface area contributed by atoms with Gasteiger partial charge in [-0.1, -0.05) is 30.3 Å². The number of phenols is 1. The van der Waals surface area contributed by atoms with Crippen molar-refractivity contribution in [1.82, 2.24) is 0 Å². The third-order valence-corrected chi connectivity index (χ3v) is 3.00. The molecule has 0 unspecified atom stereocenters. The van der Waals surface area contributed by atoms with Gasteiger partial charge in [0.25, 0.3) is 0 Å². The van der Waals surface area contributed by atoms with Crippen molar-refractivity contribution >= 4 is 17.8 Å². The lowest BCUT2D eigenvalue weighted by Gasteiger charge is -2.05. The van der Waals surface area contributed by atoms with Gasteiger partial charge in [-0.3, -0.25) is 9.59 Å². The number of benzene rings is 2. The van der Waals surface area contributed by atoms with Crippen LogP contribution in [0.25, 0.3) is 6.08 Å². The molecule has 23 heavy (non-hydrogen) atoms. The van der Waals surface area contributed by atoms with Gasteiger partial charge in [0.15, 0.2) is 5.78 Å². The summed E-state index contributed by atoms with van der Waals surface area (Å²) in [5.74, 6) is -0.563.